The van der Waals surface area contributed by atoms with Gasteiger partial charge in [0.1, 0.15) is 6.61 Å². The Kier molecular flexibility index (Phi) is 35.2. The molecule has 0 fully saturated rings. The molecule has 0 aromatic heterocycles. The van der Waals surface area contributed by atoms with Gasteiger partial charge in [0, 0.05) is 13.0 Å². The Balaban J connectivity index is 4.13. The van der Waals surface area contributed by atoms with Gasteiger partial charge in [-0.05, 0) is 51.0 Å². The summed E-state index contributed by atoms with van der Waals surface area (Å²) in [4.78, 5) is 22.2. The first-order valence-corrected chi connectivity index (χ1v) is 20.9. The van der Waals surface area contributed by atoms with Gasteiger partial charge in [-0.2, -0.15) is 0 Å². The van der Waals surface area contributed by atoms with Crippen LogP contribution in [0.15, 0.2) is 24.5 Å². The number of carbonyl (C=O) groups excluding carboxylic acids is 1. The van der Waals surface area contributed by atoms with Crippen molar-refractivity contribution in [1.82, 2.24) is 0 Å². The summed E-state index contributed by atoms with van der Waals surface area (Å²) in [6.07, 6.45) is 38.6. The van der Waals surface area contributed by atoms with E-state index in [4.69, 9.17) is 24.3 Å². The lowest BCUT2D eigenvalue weighted by molar-refractivity contribution is -0.147. The van der Waals surface area contributed by atoms with Crippen LogP contribution in [0.2, 0.25) is 0 Å². The first-order valence-electron chi connectivity index (χ1n) is 19.4. The smallest absolute Gasteiger partial charge is 0.472 e. The molecular weight excluding hydrogens is 613 g/mol. The van der Waals surface area contributed by atoms with Gasteiger partial charge < -0.3 is 20.1 Å². The second-order valence-electron chi connectivity index (χ2n) is 12.9. The van der Waals surface area contributed by atoms with E-state index in [1.165, 1.54) is 128 Å². The molecule has 0 rings (SSSR count). The first kappa shape index (κ1) is 45.8. The van der Waals surface area contributed by atoms with Gasteiger partial charge in [0.05, 0.1) is 19.5 Å². The molecule has 0 aliphatic carbocycles. The quantitative estimate of drug-likeness (QED) is 0.0218. The number of nitrogens with two attached hydrogens (primary N) is 1. The molecule has 0 heterocycles. The van der Waals surface area contributed by atoms with Crippen LogP contribution in [0.5, 0.6) is 0 Å². The van der Waals surface area contributed by atoms with E-state index in [2.05, 4.69) is 26.0 Å². The number of phosphoric ester groups is 1. The lowest BCUT2D eigenvalue weighted by Crippen LogP contribution is -2.25. The van der Waals surface area contributed by atoms with E-state index >= 15 is 0 Å². The SMILES string of the molecule is CCCCCCC=CCCCCCCCCC=COC(COC(=O)CCCCCCCCCCCCCC)COP(=O)(O)OCCN. The van der Waals surface area contributed by atoms with Crippen LogP contribution in [0.3, 0.4) is 0 Å². The molecule has 47 heavy (non-hydrogen) atoms. The zero-order valence-electron chi connectivity index (χ0n) is 30.5. The van der Waals surface area contributed by atoms with E-state index in [1.54, 1.807) is 6.26 Å². The highest BCUT2D eigenvalue weighted by molar-refractivity contribution is 7.47. The highest BCUT2D eigenvalue weighted by atomic mass is 31.2. The number of phosphoric acid groups is 1. The van der Waals surface area contributed by atoms with Crippen molar-refractivity contribution in [3.05, 3.63) is 24.5 Å². The lowest BCUT2D eigenvalue weighted by Gasteiger charge is -2.19. The van der Waals surface area contributed by atoms with E-state index in [1.807, 2.05) is 6.08 Å². The van der Waals surface area contributed by atoms with Gasteiger partial charge in [-0.3, -0.25) is 13.8 Å². The van der Waals surface area contributed by atoms with Crippen LogP contribution in [0, 0.1) is 0 Å². The Bertz CT molecular complexity index is 777. The zero-order chi connectivity index (χ0) is 34.5. The number of ether oxygens (including phenoxy) is 2. The zero-order valence-corrected chi connectivity index (χ0v) is 31.4. The Morgan fingerprint density at radius 2 is 1.09 bits per heavy atom. The summed E-state index contributed by atoms with van der Waals surface area (Å²) in [7, 11) is -4.26. The largest absolute Gasteiger partial charge is 0.492 e. The van der Waals surface area contributed by atoms with Crippen molar-refractivity contribution in [1.29, 1.82) is 0 Å². The Morgan fingerprint density at radius 1 is 0.638 bits per heavy atom. The number of hydrogen-bond acceptors (Lipinski definition) is 7. The van der Waals surface area contributed by atoms with Gasteiger partial charge in [-0.1, -0.05) is 142 Å². The molecule has 0 aliphatic heterocycles. The Labute approximate surface area is 289 Å². The fraction of sp³-hybridized carbons (Fsp3) is 0.868. The molecule has 278 valence electrons. The maximum absolute atomic E-state index is 12.3. The molecule has 2 atom stereocenters. The van der Waals surface area contributed by atoms with Crippen molar-refractivity contribution in [2.75, 3.05) is 26.4 Å². The normalized spacial score (nSPS) is 13.8. The highest BCUT2D eigenvalue weighted by Gasteiger charge is 2.24. The van der Waals surface area contributed by atoms with Gasteiger partial charge >= 0.3 is 13.8 Å². The number of allylic oxidation sites excluding steroid dienone is 3. The lowest BCUT2D eigenvalue weighted by atomic mass is 10.0. The maximum Gasteiger partial charge on any atom is 0.472 e. The van der Waals surface area contributed by atoms with E-state index < -0.39 is 13.9 Å². The molecule has 0 spiro atoms. The van der Waals surface area contributed by atoms with E-state index in [9.17, 15) is 14.3 Å². The Hall–Kier alpha value is -1.18. The van der Waals surface area contributed by atoms with Gasteiger partial charge in [0.2, 0.25) is 0 Å². The second kappa shape index (κ2) is 36.1. The molecule has 0 aliphatic rings. The van der Waals surface area contributed by atoms with E-state index in [-0.39, 0.29) is 32.3 Å². The summed E-state index contributed by atoms with van der Waals surface area (Å²) >= 11 is 0. The monoisotopic (exact) mass is 688 g/mol. The van der Waals surface area contributed by atoms with Crippen molar-refractivity contribution in [3.63, 3.8) is 0 Å². The molecule has 0 aromatic rings. The van der Waals surface area contributed by atoms with Crippen LogP contribution < -0.4 is 5.73 Å². The van der Waals surface area contributed by atoms with Crippen molar-refractivity contribution < 1.29 is 32.8 Å². The molecule has 0 amide bonds. The van der Waals surface area contributed by atoms with Crippen LogP contribution >= 0.6 is 7.82 Å². The van der Waals surface area contributed by atoms with Crippen molar-refractivity contribution >= 4 is 13.8 Å². The molecule has 0 aromatic carbocycles. The fourth-order valence-electron chi connectivity index (χ4n) is 5.27. The predicted octanol–water partition coefficient (Wildman–Crippen LogP) is 11.3. The third-order valence-electron chi connectivity index (χ3n) is 8.21. The minimum atomic E-state index is -4.26. The maximum atomic E-state index is 12.3. The predicted molar refractivity (Wildman–Crippen MR) is 196 cm³/mol. The average Bonchev–Trinajstić information content (AvgIpc) is 3.06. The van der Waals surface area contributed by atoms with Crippen LogP contribution in [-0.4, -0.2) is 43.3 Å². The summed E-state index contributed by atoms with van der Waals surface area (Å²) in [5.41, 5.74) is 5.35. The Morgan fingerprint density at radius 3 is 1.60 bits per heavy atom. The number of esters is 1. The minimum absolute atomic E-state index is 0.0631. The summed E-state index contributed by atoms with van der Waals surface area (Å²) < 4.78 is 33.1. The minimum Gasteiger partial charge on any atom is -0.492 e. The van der Waals surface area contributed by atoms with E-state index in [0.29, 0.717) is 6.42 Å². The van der Waals surface area contributed by atoms with Crippen molar-refractivity contribution in [3.8, 4) is 0 Å². The van der Waals surface area contributed by atoms with Gasteiger partial charge in [0.15, 0.2) is 6.10 Å². The average molecular weight is 688 g/mol. The molecule has 9 heteroatoms. The van der Waals surface area contributed by atoms with Crippen LogP contribution in [0.4, 0.5) is 0 Å². The van der Waals surface area contributed by atoms with Gasteiger partial charge in [-0.15, -0.1) is 0 Å². The first-order chi connectivity index (χ1) is 22.9. The fourth-order valence-corrected chi connectivity index (χ4v) is 6.03. The molecule has 0 saturated carbocycles. The number of hydrogen-bond donors (Lipinski definition) is 2. The standard InChI is InChI=1S/C38H74NO7P/c1-3-5-7-9-11-13-15-17-18-19-20-22-24-26-28-30-33-43-37(36-46-47(41,42)45-34-32-39)35-44-38(40)31-29-27-25-23-21-16-14-12-10-8-6-4-2/h13,15,30,33,37H,3-12,14,16-29,31-32,34-36,39H2,1-2H3,(H,41,42). The number of carbonyl (C=O) groups is 1. The van der Waals surface area contributed by atoms with E-state index in [0.717, 1.165) is 32.1 Å². The summed E-state index contributed by atoms with van der Waals surface area (Å²) in [6, 6.07) is 0. The number of rotatable bonds is 37. The van der Waals surface area contributed by atoms with Crippen molar-refractivity contribution in [2.45, 2.75) is 187 Å². The van der Waals surface area contributed by atoms with Crippen LogP contribution in [0.25, 0.3) is 0 Å². The molecule has 0 radical (unpaired) electrons. The molecular formula is C38H74NO7P. The van der Waals surface area contributed by atoms with Gasteiger partial charge in [-0.25, -0.2) is 4.57 Å². The summed E-state index contributed by atoms with van der Waals surface area (Å²) in [5.74, 6) is -0.292. The summed E-state index contributed by atoms with van der Waals surface area (Å²) in [6.45, 7) is 4.20. The van der Waals surface area contributed by atoms with Crippen LogP contribution in [-0.2, 0) is 27.9 Å². The topological polar surface area (TPSA) is 117 Å². The van der Waals surface area contributed by atoms with Crippen LogP contribution in [0.1, 0.15) is 181 Å². The van der Waals surface area contributed by atoms with Gasteiger partial charge in [0.25, 0.3) is 0 Å². The second-order valence-corrected chi connectivity index (χ2v) is 14.3. The molecule has 0 bridgehead atoms. The number of unbranched alkanes of at least 4 members (excludes halogenated alkanes) is 22. The molecule has 2 unspecified atom stereocenters. The third-order valence-corrected chi connectivity index (χ3v) is 9.19. The third kappa shape index (κ3) is 35.9. The summed E-state index contributed by atoms with van der Waals surface area (Å²) in [5, 5.41) is 0. The molecule has 0 saturated heterocycles. The van der Waals surface area contributed by atoms with Crippen molar-refractivity contribution in [2.24, 2.45) is 5.73 Å². The highest BCUT2D eigenvalue weighted by Crippen LogP contribution is 2.43. The molecule has 3 N–H and O–H groups in total. The molecule has 8 nitrogen and oxygen atoms in total.